The van der Waals surface area contributed by atoms with Crippen LogP contribution in [0.15, 0.2) is 16.6 Å². The SMILES string of the molecule is O=[N+]([O-])c1c(C(O)C(F)(F)F)ccc(Br)c1O. The van der Waals surface area contributed by atoms with Crippen LogP contribution in [0.1, 0.15) is 11.7 Å². The molecule has 0 aliphatic carbocycles. The molecule has 1 aromatic carbocycles. The Bertz CT molecular complexity index is 463. The molecule has 0 fully saturated rings. The summed E-state index contributed by atoms with van der Waals surface area (Å²) in [6, 6.07) is 1.70. The van der Waals surface area contributed by atoms with Crippen molar-refractivity contribution in [1.29, 1.82) is 0 Å². The van der Waals surface area contributed by atoms with Gasteiger partial charge in [0.25, 0.3) is 0 Å². The van der Waals surface area contributed by atoms with Crippen LogP contribution in [0.25, 0.3) is 0 Å². The Morgan fingerprint density at radius 2 is 1.94 bits per heavy atom. The molecule has 0 bridgehead atoms. The zero-order chi connectivity index (χ0) is 13.4. The van der Waals surface area contributed by atoms with E-state index in [4.69, 9.17) is 5.11 Å². The van der Waals surface area contributed by atoms with Crippen LogP contribution in [0.3, 0.4) is 0 Å². The molecule has 0 aromatic heterocycles. The first kappa shape index (κ1) is 13.7. The highest BCUT2D eigenvalue weighted by atomic mass is 79.9. The summed E-state index contributed by atoms with van der Waals surface area (Å²) in [5.74, 6) is -0.962. The smallest absolute Gasteiger partial charge is 0.418 e. The molecule has 9 heteroatoms. The molecule has 0 spiro atoms. The van der Waals surface area contributed by atoms with Crippen molar-refractivity contribution in [2.24, 2.45) is 0 Å². The lowest BCUT2D eigenvalue weighted by Crippen LogP contribution is -2.21. The number of aliphatic hydroxyl groups is 1. The second-order valence-electron chi connectivity index (χ2n) is 3.04. The highest BCUT2D eigenvalue weighted by molar-refractivity contribution is 9.10. The lowest BCUT2D eigenvalue weighted by Gasteiger charge is -2.15. The van der Waals surface area contributed by atoms with Gasteiger partial charge in [0, 0.05) is 0 Å². The molecule has 0 aliphatic heterocycles. The van der Waals surface area contributed by atoms with E-state index in [1.54, 1.807) is 0 Å². The molecule has 0 aliphatic rings. The van der Waals surface area contributed by atoms with Crippen molar-refractivity contribution in [3.05, 3.63) is 32.3 Å². The van der Waals surface area contributed by atoms with Crippen molar-refractivity contribution in [2.75, 3.05) is 0 Å². The maximum Gasteiger partial charge on any atom is 0.418 e. The maximum atomic E-state index is 12.2. The van der Waals surface area contributed by atoms with Gasteiger partial charge in [0.2, 0.25) is 5.75 Å². The van der Waals surface area contributed by atoms with Gasteiger partial charge in [-0.05, 0) is 28.1 Å². The summed E-state index contributed by atoms with van der Waals surface area (Å²) in [7, 11) is 0. The number of nitro groups is 1. The predicted molar refractivity (Wildman–Crippen MR) is 53.5 cm³/mol. The molecule has 1 aromatic rings. The van der Waals surface area contributed by atoms with E-state index >= 15 is 0 Å². The number of halogens is 4. The molecule has 0 saturated carbocycles. The van der Waals surface area contributed by atoms with Crippen LogP contribution in [0, 0.1) is 10.1 Å². The van der Waals surface area contributed by atoms with Gasteiger partial charge in [-0.25, -0.2) is 0 Å². The van der Waals surface area contributed by atoms with Crippen molar-refractivity contribution in [3.8, 4) is 5.75 Å². The van der Waals surface area contributed by atoms with E-state index in [-0.39, 0.29) is 4.47 Å². The summed E-state index contributed by atoms with van der Waals surface area (Å²) < 4.78 is 36.6. The second-order valence-corrected chi connectivity index (χ2v) is 3.89. The molecule has 5 nitrogen and oxygen atoms in total. The van der Waals surface area contributed by atoms with Gasteiger partial charge in [0.1, 0.15) is 0 Å². The van der Waals surface area contributed by atoms with Gasteiger partial charge in [-0.3, -0.25) is 10.1 Å². The van der Waals surface area contributed by atoms with Crippen molar-refractivity contribution in [1.82, 2.24) is 0 Å². The standard InChI is InChI=1S/C8H5BrF3NO4/c9-4-2-1-3(7(15)8(10,11)12)5(6(4)14)13(16)17/h1-2,7,14-15H. The molecular formula is C8H5BrF3NO4. The molecule has 1 unspecified atom stereocenters. The Morgan fingerprint density at radius 3 is 2.35 bits per heavy atom. The molecule has 17 heavy (non-hydrogen) atoms. The Kier molecular flexibility index (Phi) is 3.62. The van der Waals surface area contributed by atoms with Crippen LogP contribution in [-0.4, -0.2) is 21.3 Å². The molecule has 1 rings (SSSR count). The summed E-state index contributed by atoms with van der Waals surface area (Å²) in [5.41, 5.74) is -2.19. The fourth-order valence-corrected chi connectivity index (χ4v) is 1.48. The third kappa shape index (κ3) is 2.67. The predicted octanol–water partition coefficient (Wildman–Crippen LogP) is 2.66. The van der Waals surface area contributed by atoms with E-state index in [0.29, 0.717) is 0 Å². The number of nitrogens with zero attached hydrogens (tertiary/aromatic N) is 1. The first-order chi connectivity index (χ1) is 7.66. The fraction of sp³-hybridized carbons (Fsp3) is 0.250. The molecule has 0 heterocycles. The number of rotatable bonds is 2. The summed E-state index contributed by atoms with van der Waals surface area (Å²) in [6.07, 6.45) is -8.08. The molecule has 2 N–H and O–H groups in total. The topological polar surface area (TPSA) is 83.6 Å². The van der Waals surface area contributed by atoms with E-state index in [2.05, 4.69) is 15.9 Å². The van der Waals surface area contributed by atoms with Gasteiger partial charge in [0.15, 0.2) is 6.10 Å². The lowest BCUT2D eigenvalue weighted by atomic mass is 10.1. The average Bonchev–Trinajstić information content (AvgIpc) is 2.18. The van der Waals surface area contributed by atoms with Crippen LogP contribution in [-0.2, 0) is 0 Å². The molecule has 0 saturated heterocycles. The number of nitro benzene ring substituents is 1. The fourth-order valence-electron chi connectivity index (χ4n) is 1.16. The van der Waals surface area contributed by atoms with Crippen LogP contribution in [0.4, 0.5) is 18.9 Å². The molecule has 0 radical (unpaired) electrons. The average molecular weight is 316 g/mol. The van der Waals surface area contributed by atoms with Crippen LogP contribution < -0.4 is 0 Å². The number of alkyl halides is 3. The Hall–Kier alpha value is -1.35. The summed E-state index contributed by atoms with van der Waals surface area (Å²) in [6.45, 7) is 0. The van der Waals surface area contributed by atoms with Crippen LogP contribution in [0.5, 0.6) is 5.75 Å². The number of phenolic OH excluding ortho intramolecular Hbond substituents is 1. The number of hydrogen-bond donors (Lipinski definition) is 2. The number of aromatic hydroxyl groups is 1. The molecular weight excluding hydrogens is 311 g/mol. The Balaban J connectivity index is 3.45. The number of benzene rings is 1. The van der Waals surface area contributed by atoms with Crippen molar-refractivity contribution in [2.45, 2.75) is 12.3 Å². The maximum absolute atomic E-state index is 12.2. The minimum atomic E-state index is -5.05. The first-order valence-corrected chi connectivity index (χ1v) is 4.86. The minimum absolute atomic E-state index is 0.137. The van der Waals surface area contributed by atoms with E-state index in [9.17, 15) is 28.4 Å². The van der Waals surface area contributed by atoms with Crippen molar-refractivity contribution in [3.63, 3.8) is 0 Å². The summed E-state index contributed by atoms with van der Waals surface area (Å²) in [4.78, 5) is 9.38. The minimum Gasteiger partial charge on any atom is -0.501 e. The Labute approximate surface area is 101 Å². The summed E-state index contributed by atoms with van der Waals surface area (Å²) in [5, 5.41) is 28.8. The van der Waals surface area contributed by atoms with E-state index in [1.807, 2.05) is 0 Å². The van der Waals surface area contributed by atoms with Crippen LogP contribution >= 0.6 is 15.9 Å². The quantitative estimate of drug-likeness (QED) is 0.649. The zero-order valence-electron chi connectivity index (χ0n) is 7.90. The monoisotopic (exact) mass is 315 g/mol. The van der Waals surface area contributed by atoms with Gasteiger partial charge < -0.3 is 10.2 Å². The number of hydrogen-bond acceptors (Lipinski definition) is 4. The molecule has 0 amide bonds. The van der Waals surface area contributed by atoms with Gasteiger partial charge in [-0.15, -0.1) is 0 Å². The zero-order valence-corrected chi connectivity index (χ0v) is 9.49. The van der Waals surface area contributed by atoms with Crippen molar-refractivity contribution < 1.29 is 28.3 Å². The van der Waals surface area contributed by atoms with Crippen molar-refractivity contribution >= 4 is 21.6 Å². The third-order valence-electron chi connectivity index (χ3n) is 1.92. The highest BCUT2D eigenvalue weighted by Crippen LogP contribution is 2.43. The lowest BCUT2D eigenvalue weighted by molar-refractivity contribution is -0.388. The summed E-state index contributed by atoms with van der Waals surface area (Å²) >= 11 is 2.73. The van der Waals surface area contributed by atoms with Gasteiger partial charge in [-0.1, -0.05) is 0 Å². The normalized spacial score (nSPS) is 13.5. The van der Waals surface area contributed by atoms with E-state index < -0.39 is 34.2 Å². The first-order valence-electron chi connectivity index (χ1n) is 4.06. The molecule has 94 valence electrons. The van der Waals surface area contributed by atoms with E-state index in [1.165, 1.54) is 0 Å². The number of aliphatic hydroxyl groups excluding tert-OH is 1. The molecule has 1 atom stereocenters. The van der Waals surface area contributed by atoms with E-state index in [0.717, 1.165) is 12.1 Å². The largest absolute Gasteiger partial charge is 0.501 e. The Morgan fingerprint density at radius 1 is 1.41 bits per heavy atom. The van der Waals surface area contributed by atoms with Crippen LogP contribution in [0.2, 0.25) is 0 Å². The highest BCUT2D eigenvalue weighted by Gasteiger charge is 2.43. The number of phenols is 1. The third-order valence-corrected chi connectivity index (χ3v) is 2.56. The van der Waals surface area contributed by atoms with Gasteiger partial charge in [-0.2, -0.15) is 13.2 Å². The van der Waals surface area contributed by atoms with Gasteiger partial charge >= 0.3 is 11.9 Å². The second kappa shape index (κ2) is 4.49. The van der Waals surface area contributed by atoms with Gasteiger partial charge in [0.05, 0.1) is 15.0 Å².